The lowest BCUT2D eigenvalue weighted by Crippen LogP contribution is -2.11. The van der Waals surface area contributed by atoms with Crippen LogP contribution >= 0.6 is 0 Å². The summed E-state index contributed by atoms with van der Waals surface area (Å²) >= 11 is 0. The highest BCUT2D eigenvalue weighted by Gasteiger charge is 2.18. The van der Waals surface area contributed by atoms with Crippen LogP contribution in [0, 0.1) is 0 Å². The third kappa shape index (κ3) is 2.26. The van der Waals surface area contributed by atoms with Crippen LogP contribution in [-0.2, 0) is 12.8 Å². The zero-order valence-electron chi connectivity index (χ0n) is 10.9. The van der Waals surface area contributed by atoms with E-state index in [1.54, 1.807) is 0 Å². The van der Waals surface area contributed by atoms with Gasteiger partial charge in [-0.3, -0.25) is 4.79 Å². The zero-order valence-corrected chi connectivity index (χ0v) is 10.9. The van der Waals surface area contributed by atoms with Crippen molar-refractivity contribution >= 4 is 0 Å². The first kappa shape index (κ1) is 12.0. The molecule has 0 amide bonds. The molecule has 4 nitrogen and oxygen atoms in total. The largest absolute Gasteiger partial charge is 0.492 e. The molecule has 4 heteroatoms. The lowest BCUT2D eigenvalue weighted by atomic mass is 10.1. The lowest BCUT2D eigenvalue weighted by Gasteiger charge is -2.08. The Morgan fingerprint density at radius 3 is 3.16 bits per heavy atom. The fraction of sp³-hybridized carbons (Fsp3) is 0.333. The van der Waals surface area contributed by atoms with E-state index in [9.17, 15) is 4.79 Å². The standard InChI is InChI=1S/C15H16N2O2/c1-2-4-13-16-12(9-14(18)17-13)11-6-3-5-10-7-8-19-15(10)11/h3,5-6,9H,2,4,7-8H2,1H3,(H,16,17,18). The van der Waals surface area contributed by atoms with Gasteiger partial charge in [0, 0.05) is 24.5 Å². The summed E-state index contributed by atoms with van der Waals surface area (Å²) in [6, 6.07) is 7.55. The monoisotopic (exact) mass is 256 g/mol. The van der Waals surface area contributed by atoms with Crippen molar-refractivity contribution in [2.45, 2.75) is 26.2 Å². The number of hydrogen-bond acceptors (Lipinski definition) is 3. The quantitative estimate of drug-likeness (QED) is 0.917. The Bertz CT molecular complexity index is 661. The van der Waals surface area contributed by atoms with Crippen molar-refractivity contribution < 1.29 is 4.74 Å². The van der Waals surface area contributed by atoms with Crippen LogP contribution in [0.15, 0.2) is 29.1 Å². The van der Waals surface area contributed by atoms with E-state index in [0.717, 1.165) is 36.4 Å². The van der Waals surface area contributed by atoms with Crippen molar-refractivity contribution in [1.29, 1.82) is 0 Å². The minimum atomic E-state index is -0.107. The van der Waals surface area contributed by atoms with Gasteiger partial charge >= 0.3 is 0 Å². The van der Waals surface area contributed by atoms with E-state index in [4.69, 9.17) is 4.74 Å². The summed E-state index contributed by atoms with van der Waals surface area (Å²) in [5.41, 5.74) is 2.70. The smallest absolute Gasteiger partial charge is 0.251 e. The van der Waals surface area contributed by atoms with Crippen molar-refractivity contribution in [3.05, 3.63) is 46.0 Å². The molecule has 1 aromatic heterocycles. The van der Waals surface area contributed by atoms with Gasteiger partial charge in [0.05, 0.1) is 12.3 Å². The maximum absolute atomic E-state index is 11.7. The van der Waals surface area contributed by atoms with Gasteiger partial charge in [0.25, 0.3) is 5.56 Å². The van der Waals surface area contributed by atoms with Gasteiger partial charge in [0.2, 0.25) is 0 Å². The van der Waals surface area contributed by atoms with Gasteiger partial charge in [0.1, 0.15) is 11.6 Å². The molecule has 2 aromatic rings. The molecule has 1 aliphatic rings. The number of rotatable bonds is 3. The van der Waals surface area contributed by atoms with Gasteiger partial charge in [-0.1, -0.05) is 19.1 Å². The first-order valence-corrected chi connectivity index (χ1v) is 6.63. The minimum absolute atomic E-state index is 0.107. The Kier molecular flexibility index (Phi) is 3.07. The molecule has 0 atom stereocenters. The van der Waals surface area contributed by atoms with E-state index < -0.39 is 0 Å². The van der Waals surface area contributed by atoms with Crippen LogP contribution in [0.3, 0.4) is 0 Å². The second-order valence-electron chi connectivity index (χ2n) is 4.72. The number of nitrogens with zero attached hydrogens (tertiary/aromatic N) is 1. The minimum Gasteiger partial charge on any atom is -0.492 e. The van der Waals surface area contributed by atoms with Crippen LogP contribution < -0.4 is 10.3 Å². The SMILES string of the molecule is CCCc1nc(-c2cccc3c2OCC3)cc(=O)[nH]1. The van der Waals surface area contributed by atoms with Crippen LogP contribution in [0.25, 0.3) is 11.3 Å². The Morgan fingerprint density at radius 2 is 2.32 bits per heavy atom. The van der Waals surface area contributed by atoms with Crippen molar-refractivity contribution in [2.24, 2.45) is 0 Å². The highest BCUT2D eigenvalue weighted by molar-refractivity contribution is 5.69. The van der Waals surface area contributed by atoms with Crippen LogP contribution in [-0.4, -0.2) is 16.6 Å². The van der Waals surface area contributed by atoms with Gasteiger partial charge in [-0.15, -0.1) is 0 Å². The molecule has 0 spiro atoms. The van der Waals surface area contributed by atoms with Gasteiger partial charge in [-0.25, -0.2) is 4.98 Å². The molecule has 2 heterocycles. The van der Waals surface area contributed by atoms with Gasteiger partial charge in [-0.05, 0) is 18.1 Å². The number of H-pyrrole nitrogens is 1. The fourth-order valence-electron chi connectivity index (χ4n) is 2.42. The first-order chi connectivity index (χ1) is 9.28. The maximum Gasteiger partial charge on any atom is 0.251 e. The second kappa shape index (κ2) is 4.88. The van der Waals surface area contributed by atoms with E-state index in [1.807, 2.05) is 12.1 Å². The number of para-hydroxylation sites is 1. The molecule has 1 aliphatic heterocycles. The average molecular weight is 256 g/mol. The number of benzene rings is 1. The molecule has 3 rings (SSSR count). The number of aromatic nitrogens is 2. The number of ether oxygens (including phenoxy) is 1. The highest BCUT2D eigenvalue weighted by atomic mass is 16.5. The summed E-state index contributed by atoms with van der Waals surface area (Å²) in [4.78, 5) is 19.0. The molecule has 0 unspecified atom stereocenters. The summed E-state index contributed by atoms with van der Waals surface area (Å²) in [6.07, 6.45) is 2.66. The Morgan fingerprint density at radius 1 is 1.42 bits per heavy atom. The molecule has 0 radical (unpaired) electrons. The average Bonchev–Trinajstić information content (AvgIpc) is 2.86. The summed E-state index contributed by atoms with van der Waals surface area (Å²) in [5, 5.41) is 0. The molecule has 0 fully saturated rings. The van der Waals surface area contributed by atoms with E-state index in [2.05, 4.69) is 23.0 Å². The molecular formula is C15H16N2O2. The van der Waals surface area contributed by atoms with Crippen LogP contribution in [0.5, 0.6) is 5.75 Å². The molecule has 19 heavy (non-hydrogen) atoms. The van der Waals surface area contributed by atoms with Crippen molar-refractivity contribution in [1.82, 2.24) is 9.97 Å². The summed E-state index contributed by atoms with van der Waals surface area (Å²) in [5.74, 6) is 1.61. The Balaban J connectivity index is 2.12. The highest BCUT2D eigenvalue weighted by Crippen LogP contribution is 2.35. The topological polar surface area (TPSA) is 55.0 Å². The van der Waals surface area contributed by atoms with Crippen molar-refractivity contribution in [3.8, 4) is 17.0 Å². The number of hydrogen-bond donors (Lipinski definition) is 1. The van der Waals surface area contributed by atoms with Crippen molar-refractivity contribution in [3.63, 3.8) is 0 Å². The Labute approximate surface area is 111 Å². The molecule has 98 valence electrons. The first-order valence-electron chi connectivity index (χ1n) is 6.63. The molecule has 0 aliphatic carbocycles. The van der Waals surface area contributed by atoms with E-state index in [-0.39, 0.29) is 5.56 Å². The number of aromatic amines is 1. The van der Waals surface area contributed by atoms with Gasteiger partial charge < -0.3 is 9.72 Å². The lowest BCUT2D eigenvalue weighted by molar-refractivity contribution is 0.358. The second-order valence-corrected chi connectivity index (χ2v) is 4.72. The van der Waals surface area contributed by atoms with Crippen LogP contribution in [0.2, 0.25) is 0 Å². The van der Waals surface area contributed by atoms with Crippen molar-refractivity contribution in [2.75, 3.05) is 6.61 Å². The fourth-order valence-corrected chi connectivity index (χ4v) is 2.42. The summed E-state index contributed by atoms with van der Waals surface area (Å²) < 4.78 is 5.67. The van der Waals surface area contributed by atoms with Crippen LogP contribution in [0.4, 0.5) is 0 Å². The summed E-state index contributed by atoms with van der Waals surface area (Å²) in [7, 11) is 0. The summed E-state index contributed by atoms with van der Waals surface area (Å²) in [6.45, 7) is 2.77. The molecule has 0 bridgehead atoms. The maximum atomic E-state index is 11.7. The molecule has 0 saturated carbocycles. The third-order valence-corrected chi connectivity index (χ3v) is 3.27. The number of nitrogens with one attached hydrogen (secondary N) is 1. The predicted molar refractivity (Wildman–Crippen MR) is 73.5 cm³/mol. The van der Waals surface area contributed by atoms with Crippen LogP contribution in [0.1, 0.15) is 24.7 Å². The number of fused-ring (bicyclic) bond motifs is 1. The molecule has 1 N–H and O–H groups in total. The molecule has 1 aromatic carbocycles. The molecule has 0 saturated heterocycles. The van der Waals surface area contributed by atoms with Gasteiger partial charge in [-0.2, -0.15) is 0 Å². The third-order valence-electron chi connectivity index (χ3n) is 3.27. The molecular weight excluding hydrogens is 240 g/mol. The van der Waals surface area contributed by atoms with E-state index >= 15 is 0 Å². The normalized spacial score (nSPS) is 13.1. The van der Waals surface area contributed by atoms with Gasteiger partial charge in [0.15, 0.2) is 0 Å². The number of aryl methyl sites for hydroxylation is 1. The predicted octanol–water partition coefficient (Wildman–Crippen LogP) is 2.32. The Hall–Kier alpha value is -2.10. The zero-order chi connectivity index (χ0) is 13.2. The van der Waals surface area contributed by atoms with E-state index in [0.29, 0.717) is 12.3 Å². The van der Waals surface area contributed by atoms with E-state index in [1.165, 1.54) is 11.6 Å².